The second-order valence-corrected chi connectivity index (χ2v) is 5.64. The maximum absolute atomic E-state index is 12.5. The van der Waals surface area contributed by atoms with Crippen LogP contribution >= 0.6 is 0 Å². The number of aromatic nitrogens is 1. The molecule has 0 fully saturated rings. The zero-order valence-electron chi connectivity index (χ0n) is 14.0. The lowest BCUT2D eigenvalue weighted by Crippen LogP contribution is -2.08. The number of oxazole rings is 1. The smallest absolute Gasteiger partial charge is 0.343 e. The van der Waals surface area contributed by atoms with Gasteiger partial charge in [-0.2, -0.15) is 0 Å². The molecule has 0 N–H and O–H groups in total. The van der Waals surface area contributed by atoms with Crippen LogP contribution < -0.4 is 9.47 Å². The zero-order valence-corrected chi connectivity index (χ0v) is 14.0. The highest BCUT2D eigenvalue weighted by molar-refractivity contribution is 5.92. The van der Waals surface area contributed by atoms with Crippen LogP contribution in [0, 0.1) is 0 Å². The first kappa shape index (κ1) is 15.9. The molecule has 5 nitrogen and oxygen atoms in total. The summed E-state index contributed by atoms with van der Waals surface area (Å²) < 4.78 is 16.3. The summed E-state index contributed by atoms with van der Waals surface area (Å²) >= 11 is 0. The first-order chi connectivity index (χ1) is 12.7. The SMILES string of the molecule is COc1cccc(OC(=O)c2cccc(-c3nc4ccccc4o3)c2)c1. The van der Waals surface area contributed by atoms with E-state index in [1.54, 1.807) is 49.6 Å². The molecule has 0 radical (unpaired) electrons. The van der Waals surface area contributed by atoms with Crippen LogP contribution in [0.5, 0.6) is 11.5 Å². The van der Waals surface area contributed by atoms with Crippen molar-refractivity contribution in [3.05, 3.63) is 78.4 Å². The molecule has 4 rings (SSSR count). The number of fused-ring (bicyclic) bond motifs is 1. The van der Waals surface area contributed by atoms with Crippen molar-refractivity contribution in [3.63, 3.8) is 0 Å². The summed E-state index contributed by atoms with van der Waals surface area (Å²) in [6.45, 7) is 0. The van der Waals surface area contributed by atoms with Crippen LogP contribution in [0.25, 0.3) is 22.6 Å². The summed E-state index contributed by atoms with van der Waals surface area (Å²) in [5.41, 5.74) is 2.59. The summed E-state index contributed by atoms with van der Waals surface area (Å²) in [4.78, 5) is 16.9. The molecular formula is C21H15NO4. The van der Waals surface area contributed by atoms with Crippen LogP contribution in [0.4, 0.5) is 0 Å². The predicted molar refractivity (Wildman–Crippen MR) is 97.4 cm³/mol. The Kier molecular flexibility index (Phi) is 4.11. The van der Waals surface area contributed by atoms with E-state index < -0.39 is 5.97 Å². The molecule has 0 aliphatic carbocycles. The number of benzene rings is 3. The molecule has 3 aromatic carbocycles. The minimum atomic E-state index is -0.462. The number of esters is 1. The van der Waals surface area contributed by atoms with Crippen molar-refractivity contribution < 1.29 is 18.7 Å². The largest absolute Gasteiger partial charge is 0.497 e. The number of nitrogens with zero attached hydrogens (tertiary/aromatic N) is 1. The van der Waals surface area contributed by atoms with E-state index in [0.29, 0.717) is 34.1 Å². The van der Waals surface area contributed by atoms with Gasteiger partial charge in [0.1, 0.15) is 17.0 Å². The molecular weight excluding hydrogens is 330 g/mol. The Balaban J connectivity index is 1.61. The first-order valence-electron chi connectivity index (χ1n) is 8.05. The molecule has 0 saturated carbocycles. The normalized spacial score (nSPS) is 10.7. The zero-order chi connectivity index (χ0) is 17.9. The van der Waals surface area contributed by atoms with Gasteiger partial charge in [-0.1, -0.05) is 24.3 Å². The van der Waals surface area contributed by atoms with E-state index in [0.717, 1.165) is 5.52 Å². The summed E-state index contributed by atoms with van der Waals surface area (Å²) in [6.07, 6.45) is 0. The van der Waals surface area contributed by atoms with Crippen LogP contribution in [0.2, 0.25) is 0 Å². The van der Waals surface area contributed by atoms with Gasteiger partial charge in [-0.15, -0.1) is 0 Å². The minimum Gasteiger partial charge on any atom is -0.497 e. The van der Waals surface area contributed by atoms with Crippen molar-refractivity contribution in [2.45, 2.75) is 0 Å². The highest BCUT2D eigenvalue weighted by atomic mass is 16.5. The fourth-order valence-electron chi connectivity index (χ4n) is 2.61. The topological polar surface area (TPSA) is 61.6 Å². The lowest BCUT2D eigenvalue weighted by molar-refractivity contribution is 0.0734. The number of ether oxygens (including phenoxy) is 2. The second-order valence-electron chi connectivity index (χ2n) is 5.64. The molecule has 5 heteroatoms. The molecule has 4 aromatic rings. The molecule has 26 heavy (non-hydrogen) atoms. The van der Waals surface area contributed by atoms with Crippen LogP contribution in [-0.2, 0) is 0 Å². The maximum atomic E-state index is 12.5. The van der Waals surface area contributed by atoms with E-state index in [4.69, 9.17) is 13.9 Å². The number of methoxy groups -OCH3 is 1. The number of para-hydroxylation sites is 2. The Hall–Kier alpha value is -3.60. The third-order valence-corrected chi connectivity index (χ3v) is 3.89. The van der Waals surface area contributed by atoms with Gasteiger partial charge in [0.25, 0.3) is 0 Å². The van der Waals surface area contributed by atoms with Crippen molar-refractivity contribution >= 4 is 17.1 Å². The summed E-state index contributed by atoms with van der Waals surface area (Å²) in [7, 11) is 1.56. The molecule has 0 atom stereocenters. The van der Waals surface area contributed by atoms with Crippen molar-refractivity contribution in [2.75, 3.05) is 7.11 Å². The van der Waals surface area contributed by atoms with Crippen LogP contribution in [0.15, 0.2) is 77.2 Å². The molecule has 1 aromatic heterocycles. The molecule has 1 heterocycles. The van der Waals surface area contributed by atoms with Crippen molar-refractivity contribution in [2.24, 2.45) is 0 Å². The third kappa shape index (κ3) is 3.15. The van der Waals surface area contributed by atoms with Crippen LogP contribution in [-0.4, -0.2) is 18.1 Å². The van der Waals surface area contributed by atoms with E-state index in [2.05, 4.69) is 4.98 Å². The molecule has 0 saturated heterocycles. The van der Waals surface area contributed by atoms with Gasteiger partial charge >= 0.3 is 5.97 Å². The lowest BCUT2D eigenvalue weighted by Gasteiger charge is -2.06. The average molecular weight is 345 g/mol. The van der Waals surface area contributed by atoms with Crippen molar-refractivity contribution in [3.8, 4) is 23.0 Å². The van der Waals surface area contributed by atoms with Gasteiger partial charge in [0.05, 0.1) is 12.7 Å². The van der Waals surface area contributed by atoms with Gasteiger partial charge in [0, 0.05) is 11.6 Å². The Morgan fingerprint density at radius 3 is 2.58 bits per heavy atom. The van der Waals surface area contributed by atoms with Gasteiger partial charge in [0.2, 0.25) is 5.89 Å². The Bertz CT molecular complexity index is 1050. The quantitative estimate of drug-likeness (QED) is 0.395. The number of carbonyl (C=O) groups excluding carboxylic acids is 1. The van der Waals surface area contributed by atoms with Gasteiger partial charge in [-0.3, -0.25) is 0 Å². The molecule has 0 unspecified atom stereocenters. The van der Waals surface area contributed by atoms with Crippen LogP contribution in [0.1, 0.15) is 10.4 Å². The number of hydrogen-bond acceptors (Lipinski definition) is 5. The first-order valence-corrected chi connectivity index (χ1v) is 8.05. The summed E-state index contributed by atoms with van der Waals surface area (Å²) in [5.74, 6) is 1.04. The fraction of sp³-hybridized carbons (Fsp3) is 0.0476. The minimum absolute atomic E-state index is 0.410. The van der Waals surface area contributed by atoms with Crippen LogP contribution in [0.3, 0.4) is 0 Å². The van der Waals surface area contributed by atoms with Gasteiger partial charge in [-0.05, 0) is 42.5 Å². The molecule has 0 spiro atoms. The number of carbonyl (C=O) groups is 1. The summed E-state index contributed by atoms with van der Waals surface area (Å²) in [5, 5.41) is 0. The predicted octanol–water partition coefficient (Wildman–Crippen LogP) is 4.72. The Morgan fingerprint density at radius 2 is 1.73 bits per heavy atom. The highest BCUT2D eigenvalue weighted by Gasteiger charge is 2.13. The van der Waals surface area contributed by atoms with Gasteiger partial charge in [0.15, 0.2) is 5.58 Å². The second kappa shape index (κ2) is 6.72. The van der Waals surface area contributed by atoms with Crippen molar-refractivity contribution in [1.29, 1.82) is 0 Å². The van der Waals surface area contributed by atoms with E-state index in [9.17, 15) is 4.79 Å². The number of rotatable bonds is 4. The average Bonchev–Trinajstić information content (AvgIpc) is 3.12. The monoisotopic (exact) mass is 345 g/mol. The third-order valence-electron chi connectivity index (χ3n) is 3.89. The molecule has 0 bridgehead atoms. The number of hydrogen-bond donors (Lipinski definition) is 0. The highest BCUT2D eigenvalue weighted by Crippen LogP contribution is 2.25. The molecule has 0 aliphatic heterocycles. The molecule has 0 aliphatic rings. The van der Waals surface area contributed by atoms with Gasteiger partial charge in [-0.25, -0.2) is 9.78 Å². The lowest BCUT2D eigenvalue weighted by atomic mass is 10.1. The Morgan fingerprint density at radius 1 is 0.923 bits per heavy atom. The molecule has 0 amide bonds. The van der Waals surface area contributed by atoms with Gasteiger partial charge < -0.3 is 13.9 Å². The molecule has 128 valence electrons. The maximum Gasteiger partial charge on any atom is 0.343 e. The Labute approximate surface area is 149 Å². The fourth-order valence-corrected chi connectivity index (χ4v) is 2.61. The standard InChI is InChI=1S/C21H15NO4/c1-24-16-8-5-9-17(13-16)25-21(23)15-7-4-6-14(12-15)20-22-18-10-2-3-11-19(18)26-20/h2-13H,1H3. The van der Waals surface area contributed by atoms with E-state index in [1.165, 1.54) is 0 Å². The van der Waals surface area contributed by atoms with E-state index in [-0.39, 0.29) is 0 Å². The van der Waals surface area contributed by atoms with E-state index in [1.807, 2.05) is 30.3 Å². The van der Waals surface area contributed by atoms with E-state index >= 15 is 0 Å². The summed E-state index contributed by atoms with van der Waals surface area (Å²) in [6, 6.07) is 21.4. The van der Waals surface area contributed by atoms with Crippen molar-refractivity contribution in [1.82, 2.24) is 4.98 Å².